The Hall–Kier alpha value is -3.55. The molecule has 0 spiro atoms. The summed E-state index contributed by atoms with van der Waals surface area (Å²) in [6, 6.07) is 12.6. The van der Waals surface area contributed by atoms with E-state index in [1.807, 2.05) is 19.1 Å². The minimum atomic E-state index is -0.510. The highest BCUT2D eigenvalue weighted by atomic mass is 16.6. The quantitative estimate of drug-likeness (QED) is 0.556. The van der Waals surface area contributed by atoms with Gasteiger partial charge < -0.3 is 9.84 Å². The Morgan fingerprint density at radius 3 is 2.65 bits per heavy atom. The van der Waals surface area contributed by atoms with Crippen LogP contribution in [0.3, 0.4) is 0 Å². The Morgan fingerprint density at radius 1 is 1.23 bits per heavy atom. The van der Waals surface area contributed by atoms with E-state index in [-0.39, 0.29) is 23.3 Å². The van der Waals surface area contributed by atoms with Crippen LogP contribution in [0.1, 0.15) is 34.8 Å². The lowest BCUT2D eigenvalue weighted by molar-refractivity contribution is -0.384. The number of nitrogens with zero attached hydrogens (tertiary/aromatic N) is 3. The van der Waals surface area contributed by atoms with E-state index >= 15 is 0 Å². The monoisotopic (exact) mass is 352 g/mol. The van der Waals surface area contributed by atoms with Crippen LogP contribution in [0.4, 0.5) is 5.69 Å². The standard InChI is InChI=1S/C18H16N4O4/c1-11-6-8-13(9-7-11)17(23)19-12(2)18-20-16(21-26-18)14-4-3-5-15(10-14)22(24)25/h3-10,12H,1-2H3,(H,19,23)/t12-/m0/s1. The molecule has 3 rings (SSSR count). The molecule has 0 bridgehead atoms. The molecule has 0 aliphatic rings. The maximum Gasteiger partial charge on any atom is 0.270 e. The normalized spacial score (nSPS) is 11.8. The Labute approximate surface area is 149 Å². The number of hydrogen-bond donors (Lipinski definition) is 1. The summed E-state index contributed by atoms with van der Waals surface area (Å²) in [7, 11) is 0. The molecule has 132 valence electrons. The van der Waals surface area contributed by atoms with E-state index in [2.05, 4.69) is 15.5 Å². The van der Waals surface area contributed by atoms with Gasteiger partial charge in [-0.15, -0.1) is 0 Å². The molecule has 8 nitrogen and oxygen atoms in total. The summed E-state index contributed by atoms with van der Waals surface area (Å²) in [5.74, 6) is 0.180. The highest BCUT2D eigenvalue weighted by molar-refractivity contribution is 5.94. The van der Waals surface area contributed by atoms with Gasteiger partial charge in [-0.05, 0) is 26.0 Å². The van der Waals surface area contributed by atoms with Crippen LogP contribution in [0.2, 0.25) is 0 Å². The van der Waals surface area contributed by atoms with E-state index in [1.54, 1.807) is 31.2 Å². The molecular weight excluding hydrogens is 336 g/mol. The van der Waals surface area contributed by atoms with Crippen molar-refractivity contribution in [2.24, 2.45) is 0 Å². The third-order valence-corrected chi connectivity index (χ3v) is 3.79. The van der Waals surface area contributed by atoms with E-state index < -0.39 is 11.0 Å². The molecule has 0 fully saturated rings. The van der Waals surface area contributed by atoms with Crippen molar-refractivity contribution in [2.45, 2.75) is 19.9 Å². The maximum atomic E-state index is 12.3. The van der Waals surface area contributed by atoms with Crippen molar-refractivity contribution in [3.8, 4) is 11.4 Å². The largest absolute Gasteiger partial charge is 0.341 e. The number of hydrogen-bond acceptors (Lipinski definition) is 6. The summed E-state index contributed by atoms with van der Waals surface area (Å²) in [5.41, 5.74) is 2.00. The summed E-state index contributed by atoms with van der Waals surface area (Å²) < 4.78 is 5.19. The zero-order chi connectivity index (χ0) is 18.7. The van der Waals surface area contributed by atoms with Crippen LogP contribution in [0.15, 0.2) is 53.1 Å². The summed E-state index contributed by atoms with van der Waals surface area (Å²) in [4.78, 5) is 26.9. The number of non-ortho nitro benzene ring substituents is 1. The molecular formula is C18H16N4O4. The van der Waals surface area contributed by atoms with Gasteiger partial charge in [-0.1, -0.05) is 35.0 Å². The third-order valence-electron chi connectivity index (χ3n) is 3.79. The van der Waals surface area contributed by atoms with E-state index in [1.165, 1.54) is 12.1 Å². The fourth-order valence-corrected chi connectivity index (χ4v) is 2.33. The number of carbonyl (C=O) groups excluding carboxylic acids is 1. The second-order valence-corrected chi connectivity index (χ2v) is 5.82. The summed E-state index contributed by atoms with van der Waals surface area (Å²) in [5, 5.41) is 17.5. The molecule has 0 radical (unpaired) electrons. The fourth-order valence-electron chi connectivity index (χ4n) is 2.33. The average molecular weight is 352 g/mol. The SMILES string of the molecule is Cc1ccc(C(=O)N[C@@H](C)c2nc(-c3cccc([N+](=O)[O-])c3)no2)cc1. The van der Waals surface area contributed by atoms with E-state index in [0.717, 1.165) is 5.56 Å². The molecule has 3 aromatic rings. The zero-order valence-corrected chi connectivity index (χ0v) is 14.2. The highest BCUT2D eigenvalue weighted by Gasteiger charge is 2.19. The zero-order valence-electron chi connectivity index (χ0n) is 14.2. The van der Waals surface area contributed by atoms with Gasteiger partial charge in [0.2, 0.25) is 11.7 Å². The lowest BCUT2D eigenvalue weighted by Crippen LogP contribution is -2.26. The van der Waals surface area contributed by atoms with Crippen molar-refractivity contribution in [2.75, 3.05) is 0 Å². The Morgan fingerprint density at radius 2 is 1.96 bits per heavy atom. The molecule has 1 aromatic heterocycles. The van der Waals surface area contributed by atoms with Gasteiger partial charge >= 0.3 is 0 Å². The number of nitro groups is 1. The van der Waals surface area contributed by atoms with Gasteiger partial charge in [0.05, 0.1) is 4.92 Å². The first-order valence-electron chi connectivity index (χ1n) is 7.90. The van der Waals surface area contributed by atoms with Gasteiger partial charge in [-0.2, -0.15) is 4.98 Å². The first kappa shape index (κ1) is 17.3. The van der Waals surface area contributed by atoms with Crippen LogP contribution in [-0.4, -0.2) is 21.0 Å². The fraction of sp³-hybridized carbons (Fsp3) is 0.167. The summed E-state index contributed by atoms with van der Waals surface area (Å²) in [6.07, 6.45) is 0. The van der Waals surface area contributed by atoms with Gasteiger partial charge in [0.15, 0.2) is 0 Å². The molecule has 1 atom stereocenters. The highest BCUT2D eigenvalue weighted by Crippen LogP contribution is 2.23. The molecule has 1 amide bonds. The molecule has 0 unspecified atom stereocenters. The van der Waals surface area contributed by atoms with Crippen molar-refractivity contribution >= 4 is 11.6 Å². The molecule has 0 aliphatic carbocycles. The predicted molar refractivity (Wildman–Crippen MR) is 93.4 cm³/mol. The summed E-state index contributed by atoms with van der Waals surface area (Å²) in [6.45, 7) is 3.66. The Kier molecular flexibility index (Phi) is 4.74. The predicted octanol–water partition coefficient (Wildman–Crippen LogP) is 3.44. The lowest BCUT2D eigenvalue weighted by Gasteiger charge is -2.09. The lowest BCUT2D eigenvalue weighted by atomic mass is 10.1. The van der Waals surface area contributed by atoms with Gasteiger partial charge in [0.25, 0.3) is 11.6 Å². The summed E-state index contributed by atoms with van der Waals surface area (Å²) >= 11 is 0. The molecule has 8 heteroatoms. The molecule has 0 saturated heterocycles. The molecule has 0 aliphatic heterocycles. The van der Waals surface area contributed by atoms with Gasteiger partial charge in [0, 0.05) is 23.3 Å². The third kappa shape index (κ3) is 3.75. The van der Waals surface area contributed by atoms with E-state index in [9.17, 15) is 14.9 Å². The van der Waals surface area contributed by atoms with Crippen molar-refractivity contribution in [1.29, 1.82) is 0 Å². The van der Waals surface area contributed by atoms with Crippen molar-refractivity contribution < 1.29 is 14.2 Å². The second kappa shape index (κ2) is 7.14. The average Bonchev–Trinajstić information content (AvgIpc) is 3.12. The first-order valence-corrected chi connectivity index (χ1v) is 7.90. The van der Waals surface area contributed by atoms with Crippen molar-refractivity contribution in [3.63, 3.8) is 0 Å². The molecule has 26 heavy (non-hydrogen) atoms. The van der Waals surface area contributed by atoms with Gasteiger partial charge in [-0.3, -0.25) is 14.9 Å². The number of amides is 1. The van der Waals surface area contributed by atoms with Crippen LogP contribution in [-0.2, 0) is 0 Å². The van der Waals surface area contributed by atoms with E-state index in [4.69, 9.17) is 4.52 Å². The van der Waals surface area contributed by atoms with Crippen LogP contribution in [0.5, 0.6) is 0 Å². The van der Waals surface area contributed by atoms with Crippen LogP contribution >= 0.6 is 0 Å². The van der Waals surface area contributed by atoms with Crippen molar-refractivity contribution in [1.82, 2.24) is 15.5 Å². The number of benzene rings is 2. The first-order chi connectivity index (χ1) is 12.4. The maximum absolute atomic E-state index is 12.3. The molecule has 2 aromatic carbocycles. The number of rotatable bonds is 5. The minimum absolute atomic E-state index is 0.0606. The minimum Gasteiger partial charge on any atom is -0.341 e. The number of carbonyl (C=O) groups is 1. The Bertz CT molecular complexity index is 950. The van der Waals surface area contributed by atoms with Crippen molar-refractivity contribution in [3.05, 3.63) is 75.7 Å². The van der Waals surface area contributed by atoms with Crippen LogP contribution < -0.4 is 5.32 Å². The Balaban J connectivity index is 1.74. The van der Waals surface area contributed by atoms with E-state index in [0.29, 0.717) is 11.1 Å². The molecule has 1 heterocycles. The number of aromatic nitrogens is 2. The number of nitrogens with one attached hydrogen (secondary N) is 1. The van der Waals surface area contributed by atoms with Crippen LogP contribution in [0.25, 0.3) is 11.4 Å². The van der Waals surface area contributed by atoms with Gasteiger partial charge in [-0.25, -0.2) is 0 Å². The van der Waals surface area contributed by atoms with Crippen LogP contribution in [0, 0.1) is 17.0 Å². The smallest absolute Gasteiger partial charge is 0.270 e. The molecule has 1 N–H and O–H groups in total. The second-order valence-electron chi connectivity index (χ2n) is 5.82. The van der Waals surface area contributed by atoms with Gasteiger partial charge in [0.1, 0.15) is 6.04 Å². The molecule has 0 saturated carbocycles. The number of aryl methyl sites for hydroxylation is 1. The number of nitro benzene ring substituents is 1. The topological polar surface area (TPSA) is 111 Å².